The van der Waals surface area contributed by atoms with E-state index in [0.717, 1.165) is 0 Å². The van der Waals surface area contributed by atoms with E-state index in [1.807, 2.05) is 12.4 Å². The van der Waals surface area contributed by atoms with Crippen molar-refractivity contribution >= 4 is 6.34 Å². The second-order valence-electron chi connectivity index (χ2n) is 4.63. The molecule has 2 nitrogen and oxygen atoms in total. The van der Waals surface area contributed by atoms with E-state index < -0.39 is 0 Å². The van der Waals surface area contributed by atoms with E-state index in [-0.39, 0.29) is 10.8 Å². The fourth-order valence-corrected chi connectivity index (χ4v) is 1.10. The van der Waals surface area contributed by atoms with Gasteiger partial charge in [0.25, 0.3) is 0 Å². The molecule has 0 amide bonds. The van der Waals surface area contributed by atoms with Crippen molar-refractivity contribution in [1.29, 1.82) is 0 Å². The zero-order chi connectivity index (χ0) is 9.95. The van der Waals surface area contributed by atoms with Gasteiger partial charge in [0.05, 0.1) is 6.34 Å². The lowest BCUT2D eigenvalue weighted by Gasteiger charge is -2.37. The van der Waals surface area contributed by atoms with Gasteiger partial charge in [-0.15, -0.1) is 0 Å². The van der Waals surface area contributed by atoms with Crippen molar-refractivity contribution in [3.05, 3.63) is 24.6 Å². The lowest BCUT2D eigenvalue weighted by atomic mass is 9.68. The molecule has 1 rings (SSSR count). The summed E-state index contributed by atoms with van der Waals surface area (Å²) in [4.78, 5) is 4.07. The molecule has 1 N–H and O–H groups in total. The molecule has 0 aromatic rings. The van der Waals surface area contributed by atoms with E-state index in [0.29, 0.717) is 0 Å². The summed E-state index contributed by atoms with van der Waals surface area (Å²) in [6.07, 6.45) is 9.78. The normalized spacial score (nSPS) is 32.9. The van der Waals surface area contributed by atoms with Gasteiger partial charge >= 0.3 is 0 Å². The van der Waals surface area contributed by atoms with E-state index >= 15 is 0 Å². The van der Waals surface area contributed by atoms with Gasteiger partial charge < -0.3 is 5.32 Å². The van der Waals surface area contributed by atoms with Gasteiger partial charge in [-0.25, -0.2) is 4.99 Å². The van der Waals surface area contributed by atoms with Crippen LogP contribution >= 0.6 is 0 Å². The van der Waals surface area contributed by atoms with E-state index in [2.05, 4.69) is 50.2 Å². The van der Waals surface area contributed by atoms with Crippen LogP contribution in [0.3, 0.4) is 0 Å². The first-order chi connectivity index (χ1) is 5.96. The Bertz CT molecular complexity index is 256. The molecule has 0 aromatic carbocycles. The van der Waals surface area contributed by atoms with Crippen molar-refractivity contribution in [3.8, 4) is 0 Å². The zero-order valence-corrected chi connectivity index (χ0v) is 8.83. The fraction of sp³-hybridized carbons (Fsp3) is 0.545. The molecule has 0 fully saturated rings. The van der Waals surface area contributed by atoms with Crippen LogP contribution in [0.5, 0.6) is 0 Å². The average molecular weight is 178 g/mol. The Balaban J connectivity index is 3.00. The maximum absolute atomic E-state index is 4.07. The smallest absolute Gasteiger partial charge is 0.0918 e. The third-order valence-electron chi connectivity index (χ3n) is 2.80. The van der Waals surface area contributed by atoms with Crippen LogP contribution in [0.15, 0.2) is 29.5 Å². The number of nitrogens with one attached hydrogen (secondary N) is 1. The van der Waals surface area contributed by atoms with Gasteiger partial charge in [0, 0.05) is 11.6 Å². The molecule has 1 aliphatic heterocycles. The lowest BCUT2D eigenvalue weighted by molar-refractivity contribution is 0.227. The number of allylic oxidation sites excluding steroid dienone is 2. The second kappa shape index (κ2) is 3.36. The molecule has 1 aliphatic rings. The highest BCUT2D eigenvalue weighted by atomic mass is 14.9. The lowest BCUT2D eigenvalue weighted by Crippen LogP contribution is -2.29. The summed E-state index contributed by atoms with van der Waals surface area (Å²) < 4.78 is 0. The number of hydrogen-bond acceptors (Lipinski definition) is 2. The highest BCUT2D eigenvalue weighted by Crippen LogP contribution is 2.40. The highest BCUT2D eigenvalue weighted by Gasteiger charge is 2.32. The first kappa shape index (κ1) is 10.0. The van der Waals surface area contributed by atoms with Crippen molar-refractivity contribution in [2.75, 3.05) is 0 Å². The molecule has 72 valence electrons. The van der Waals surface area contributed by atoms with Gasteiger partial charge in [-0.3, -0.25) is 0 Å². The third-order valence-corrected chi connectivity index (χ3v) is 2.80. The topological polar surface area (TPSA) is 24.4 Å². The van der Waals surface area contributed by atoms with Crippen LogP contribution in [0.1, 0.15) is 27.7 Å². The molecule has 0 aliphatic carbocycles. The Kier molecular flexibility index (Phi) is 2.60. The Labute approximate surface area is 80.4 Å². The highest BCUT2D eigenvalue weighted by molar-refractivity contribution is 5.57. The monoisotopic (exact) mass is 178 g/mol. The Hall–Kier alpha value is -1.05. The average Bonchev–Trinajstić information content (AvgIpc) is 1.94. The summed E-state index contributed by atoms with van der Waals surface area (Å²) in [5, 5.41) is 2.99. The summed E-state index contributed by atoms with van der Waals surface area (Å²) in [7, 11) is 0. The summed E-state index contributed by atoms with van der Waals surface area (Å²) in [6.45, 7) is 8.90. The molecule has 0 aromatic heterocycles. The van der Waals surface area contributed by atoms with Crippen LogP contribution < -0.4 is 5.32 Å². The van der Waals surface area contributed by atoms with Crippen LogP contribution in [0, 0.1) is 10.8 Å². The Morgan fingerprint density at radius 2 is 1.92 bits per heavy atom. The Morgan fingerprint density at radius 1 is 1.23 bits per heavy atom. The summed E-state index contributed by atoms with van der Waals surface area (Å²) in [5.41, 5.74) is 0.256. The van der Waals surface area contributed by atoms with E-state index in [1.54, 1.807) is 6.34 Å². The molecule has 2 heteroatoms. The largest absolute Gasteiger partial charge is 0.353 e. The summed E-state index contributed by atoms with van der Waals surface area (Å²) in [6, 6.07) is 0. The van der Waals surface area contributed by atoms with E-state index in [9.17, 15) is 0 Å². The molecule has 1 heterocycles. The van der Waals surface area contributed by atoms with Crippen molar-refractivity contribution in [2.45, 2.75) is 27.7 Å². The minimum Gasteiger partial charge on any atom is -0.353 e. The van der Waals surface area contributed by atoms with Crippen molar-refractivity contribution in [3.63, 3.8) is 0 Å². The van der Waals surface area contributed by atoms with Gasteiger partial charge in [-0.1, -0.05) is 39.8 Å². The molecule has 0 bridgehead atoms. The maximum Gasteiger partial charge on any atom is 0.0918 e. The quantitative estimate of drug-likeness (QED) is 0.606. The number of nitrogens with zero attached hydrogens (tertiary/aromatic N) is 1. The van der Waals surface area contributed by atoms with Crippen LogP contribution in [-0.2, 0) is 0 Å². The predicted molar refractivity (Wildman–Crippen MR) is 57.5 cm³/mol. The molecular weight excluding hydrogens is 160 g/mol. The third kappa shape index (κ3) is 2.20. The molecular formula is C11H18N2. The van der Waals surface area contributed by atoms with Gasteiger partial charge in [-0.05, 0) is 11.6 Å². The van der Waals surface area contributed by atoms with Gasteiger partial charge in [0.1, 0.15) is 0 Å². The van der Waals surface area contributed by atoms with Gasteiger partial charge in [0.15, 0.2) is 0 Å². The SMILES string of the molecule is CC(C)(C)C1(C)/C=C\N=CN/C=C\1. The van der Waals surface area contributed by atoms with Crippen molar-refractivity contribution in [1.82, 2.24) is 5.32 Å². The number of aliphatic imine (C=N–C) groups is 1. The molecule has 1 atom stereocenters. The minimum atomic E-state index is 0.0533. The molecule has 0 spiro atoms. The molecule has 1 unspecified atom stereocenters. The maximum atomic E-state index is 4.07. The predicted octanol–water partition coefficient (Wildman–Crippen LogP) is 2.70. The summed E-state index contributed by atoms with van der Waals surface area (Å²) in [5.74, 6) is 0. The van der Waals surface area contributed by atoms with Crippen LogP contribution in [-0.4, -0.2) is 6.34 Å². The number of hydrogen-bond donors (Lipinski definition) is 1. The van der Waals surface area contributed by atoms with Gasteiger partial charge in [0.2, 0.25) is 0 Å². The van der Waals surface area contributed by atoms with E-state index in [4.69, 9.17) is 0 Å². The zero-order valence-electron chi connectivity index (χ0n) is 8.83. The fourth-order valence-electron chi connectivity index (χ4n) is 1.10. The standard InChI is InChI=1S/C11H18N2/c1-10(2,3)11(4)5-7-12-9-13-8-6-11/h5-9H,1-4H3,(H,12,13)/b7-5-,8-6-. The van der Waals surface area contributed by atoms with Crippen molar-refractivity contribution < 1.29 is 0 Å². The first-order valence-corrected chi connectivity index (χ1v) is 4.59. The van der Waals surface area contributed by atoms with Crippen LogP contribution in [0.2, 0.25) is 0 Å². The van der Waals surface area contributed by atoms with Gasteiger partial charge in [-0.2, -0.15) is 0 Å². The minimum absolute atomic E-state index is 0.0533. The molecule has 0 radical (unpaired) electrons. The molecule has 0 saturated carbocycles. The summed E-state index contributed by atoms with van der Waals surface area (Å²) >= 11 is 0. The first-order valence-electron chi connectivity index (χ1n) is 4.59. The second-order valence-corrected chi connectivity index (χ2v) is 4.63. The number of rotatable bonds is 0. The van der Waals surface area contributed by atoms with Crippen LogP contribution in [0.4, 0.5) is 0 Å². The molecule has 0 saturated heterocycles. The molecule has 13 heavy (non-hydrogen) atoms. The van der Waals surface area contributed by atoms with Crippen molar-refractivity contribution in [2.24, 2.45) is 15.8 Å². The van der Waals surface area contributed by atoms with Crippen LogP contribution in [0.25, 0.3) is 0 Å². The Morgan fingerprint density at radius 3 is 2.54 bits per heavy atom. The van der Waals surface area contributed by atoms with E-state index in [1.165, 1.54) is 0 Å².